The van der Waals surface area contributed by atoms with Gasteiger partial charge in [-0.1, -0.05) is 18.2 Å². The van der Waals surface area contributed by atoms with Crippen LogP contribution in [-0.4, -0.2) is 33.6 Å². The number of carboxylic acid groups (broad SMARTS) is 1. The maximum Gasteiger partial charge on any atom is 0.320 e. The Labute approximate surface area is 125 Å². The molecule has 1 fully saturated rings. The Morgan fingerprint density at radius 2 is 2.10 bits per heavy atom. The van der Waals surface area contributed by atoms with E-state index in [4.69, 9.17) is 10.8 Å². The van der Waals surface area contributed by atoms with Gasteiger partial charge in [0.15, 0.2) is 0 Å². The first-order valence-electron chi connectivity index (χ1n) is 6.48. The van der Waals surface area contributed by atoms with Crippen LogP contribution in [0.1, 0.15) is 15.8 Å². The van der Waals surface area contributed by atoms with Crippen molar-refractivity contribution in [3.05, 3.63) is 35.5 Å². The number of para-hydroxylation sites is 1. The molecule has 20 heavy (non-hydrogen) atoms. The van der Waals surface area contributed by atoms with Crippen molar-refractivity contribution in [1.82, 2.24) is 4.98 Å². The van der Waals surface area contributed by atoms with Crippen LogP contribution in [0.15, 0.2) is 24.3 Å². The number of H-pyrrole nitrogens is 1. The highest BCUT2D eigenvalue weighted by atomic mass is 32.2. The average Bonchev–Trinajstić information content (AvgIpc) is 3.06. The zero-order valence-corrected chi connectivity index (χ0v) is 12.5. The standard InChI is InChI=1S/C14H16N2O2S2/c15-10(13(17)18)7-9-8-3-1-2-4-11(8)16-12(9)14-19-5-6-20-14/h1-4,10,14,16H,5-7,15H2,(H,17,18). The van der Waals surface area contributed by atoms with Gasteiger partial charge in [-0.25, -0.2) is 0 Å². The molecule has 4 nitrogen and oxygen atoms in total. The lowest BCUT2D eigenvalue weighted by Crippen LogP contribution is -2.32. The van der Waals surface area contributed by atoms with Crippen LogP contribution in [0.5, 0.6) is 0 Å². The Morgan fingerprint density at radius 1 is 1.40 bits per heavy atom. The first-order chi connectivity index (χ1) is 9.66. The van der Waals surface area contributed by atoms with Crippen LogP contribution in [0.4, 0.5) is 0 Å². The van der Waals surface area contributed by atoms with Crippen molar-refractivity contribution in [2.45, 2.75) is 17.0 Å². The van der Waals surface area contributed by atoms with Gasteiger partial charge < -0.3 is 15.8 Å². The summed E-state index contributed by atoms with van der Waals surface area (Å²) in [7, 11) is 0. The van der Waals surface area contributed by atoms with E-state index in [0.29, 0.717) is 11.0 Å². The Kier molecular flexibility index (Phi) is 3.96. The fourth-order valence-corrected chi connectivity index (χ4v) is 5.37. The fraction of sp³-hybridized carbons (Fsp3) is 0.357. The molecule has 1 unspecified atom stereocenters. The molecule has 2 aromatic rings. The van der Waals surface area contributed by atoms with Crippen molar-refractivity contribution in [3.63, 3.8) is 0 Å². The first kappa shape index (κ1) is 13.9. The van der Waals surface area contributed by atoms with Crippen molar-refractivity contribution in [2.75, 3.05) is 11.5 Å². The van der Waals surface area contributed by atoms with Gasteiger partial charge in [-0.2, -0.15) is 0 Å². The number of carbonyl (C=O) groups is 1. The van der Waals surface area contributed by atoms with Crippen molar-refractivity contribution in [3.8, 4) is 0 Å². The number of hydrogen-bond donors (Lipinski definition) is 3. The summed E-state index contributed by atoms with van der Waals surface area (Å²) in [6.07, 6.45) is 0.367. The zero-order chi connectivity index (χ0) is 14.1. The summed E-state index contributed by atoms with van der Waals surface area (Å²) in [5.74, 6) is 1.32. The highest BCUT2D eigenvalue weighted by Gasteiger charge is 2.26. The Morgan fingerprint density at radius 3 is 2.80 bits per heavy atom. The molecule has 106 valence electrons. The Bertz CT molecular complexity index is 635. The molecule has 0 radical (unpaired) electrons. The van der Waals surface area contributed by atoms with Gasteiger partial charge in [0.25, 0.3) is 0 Å². The number of rotatable bonds is 4. The number of thioether (sulfide) groups is 2. The summed E-state index contributed by atoms with van der Waals surface area (Å²) in [4.78, 5) is 14.5. The predicted molar refractivity (Wildman–Crippen MR) is 85.3 cm³/mol. The minimum Gasteiger partial charge on any atom is -0.480 e. The molecule has 3 rings (SSSR count). The molecule has 6 heteroatoms. The number of nitrogens with two attached hydrogens (primary N) is 1. The third kappa shape index (κ3) is 2.55. The quantitative estimate of drug-likeness (QED) is 0.809. The van der Waals surface area contributed by atoms with Crippen LogP contribution in [0.2, 0.25) is 0 Å². The molecule has 2 heterocycles. The SMILES string of the molecule is NC(Cc1c(C2SCCS2)[nH]c2ccccc12)C(=O)O. The Hall–Kier alpha value is -1.11. The van der Waals surface area contributed by atoms with E-state index in [9.17, 15) is 4.79 Å². The number of carboxylic acids is 1. The van der Waals surface area contributed by atoms with Gasteiger partial charge in [0, 0.05) is 34.5 Å². The molecule has 1 aliphatic rings. The minimum absolute atomic E-state index is 0.360. The van der Waals surface area contributed by atoms with Crippen molar-refractivity contribution in [1.29, 1.82) is 0 Å². The monoisotopic (exact) mass is 308 g/mol. The molecule has 1 aromatic heterocycles. The van der Waals surface area contributed by atoms with Gasteiger partial charge in [0.05, 0.1) is 4.58 Å². The van der Waals surface area contributed by atoms with Gasteiger partial charge in [0.2, 0.25) is 0 Å². The Balaban J connectivity index is 2.05. The fourth-order valence-electron chi connectivity index (χ4n) is 2.47. The van der Waals surface area contributed by atoms with Gasteiger partial charge >= 0.3 is 5.97 Å². The zero-order valence-electron chi connectivity index (χ0n) is 10.8. The lowest BCUT2D eigenvalue weighted by molar-refractivity contribution is -0.138. The van der Waals surface area contributed by atoms with E-state index in [1.165, 1.54) is 0 Å². The van der Waals surface area contributed by atoms with E-state index in [1.807, 2.05) is 47.8 Å². The van der Waals surface area contributed by atoms with Crippen LogP contribution in [0, 0.1) is 0 Å². The lowest BCUT2D eigenvalue weighted by Gasteiger charge is -2.12. The van der Waals surface area contributed by atoms with E-state index >= 15 is 0 Å². The molecule has 0 spiro atoms. The van der Waals surface area contributed by atoms with Crippen molar-refractivity contribution >= 4 is 40.4 Å². The normalized spacial score (nSPS) is 17.6. The van der Waals surface area contributed by atoms with Crippen LogP contribution in [0.3, 0.4) is 0 Å². The molecule has 1 aliphatic heterocycles. The topological polar surface area (TPSA) is 79.1 Å². The highest BCUT2D eigenvalue weighted by molar-refractivity contribution is 8.19. The summed E-state index contributed by atoms with van der Waals surface area (Å²) in [6, 6.07) is 7.16. The van der Waals surface area contributed by atoms with E-state index < -0.39 is 12.0 Å². The largest absolute Gasteiger partial charge is 0.480 e. The van der Waals surface area contributed by atoms with E-state index in [0.717, 1.165) is 33.7 Å². The third-order valence-electron chi connectivity index (χ3n) is 3.45. The number of aromatic nitrogens is 1. The molecule has 0 amide bonds. The smallest absolute Gasteiger partial charge is 0.320 e. The highest BCUT2D eigenvalue weighted by Crippen LogP contribution is 2.47. The molecular formula is C14H16N2O2S2. The summed E-state index contributed by atoms with van der Waals surface area (Å²) in [5, 5.41) is 10.2. The molecule has 1 aromatic carbocycles. The molecule has 0 aliphatic carbocycles. The molecule has 0 bridgehead atoms. The average molecular weight is 308 g/mol. The van der Waals surface area contributed by atoms with E-state index in [2.05, 4.69) is 4.98 Å². The van der Waals surface area contributed by atoms with Crippen LogP contribution in [-0.2, 0) is 11.2 Å². The number of fused-ring (bicyclic) bond motifs is 1. The number of benzene rings is 1. The second kappa shape index (κ2) is 5.71. The summed E-state index contributed by atoms with van der Waals surface area (Å²) in [5.41, 5.74) is 8.99. The van der Waals surface area contributed by atoms with Crippen LogP contribution >= 0.6 is 23.5 Å². The number of nitrogens with one attached hydrogen (secondary N) is 1. The van der Waals surface area contributed by atoms with Crippen molar-refractivity contribution < 1.29 is 9.90 Å². The van der Waals surface area contributed by atoms with Crippen molar-refractivity contribution in [2.24, 2.45) is 5.73 Å². The molecule has 0 saturated carbocycles. The van der Waals surface area contributed by atoms with Crippen LogP contribution in [0.25, 0.3) is 10.9 Å². The summed E-state index contributed by atoms with van der Waals surface area (Å²) >= 11 is 3.81. The first-order valence-corrected chi connectivity index (χ1v) is 8.57. The lowest BCUT2D eigenvalue weighted by atomic mass is 10.0. The van der Waals surface area contributed by atoms with Crippen LogP contribution < -0.4 is 5.73 Å². The molecule has 1 atom stereocenters. The third-order valence-corrected chi connectivity index (χ3v) is 6.48. The van der Waals surface area contributed by atoms with Gasteiger partial charge in [-0.3, -0.25) is 4.79 Å². The summed E-state index contributed by atoms with van der Waals surface area (Å²) in [6.45, 7) is 0. The number of aromatic amines is 1. The van der Waals surface area contributed by atoms with Gasteiger partial charge in [-0.15, -0.1) is 23.5 Å². The number of aliphatic carboxylic acids is 1. The second-order valence-corrected chi connectivity index (χ2v) is 7.51. The number of hydrogen-bond acceptors (Lipinski definition) is 4. The summed E-state index contributed by atoms with van der Waals surface area (Å²) < 4.78 is 0.360. The van der Waals surface area contributed by atoms with E-state index in [1.54, 1.807) is 0 Å². The predicted octanol–water partition coefficient (Wildman–Crippen LogP) is 2.60. The maximum atomic E-state index is 11.0. The van der Waals surface area contributed by atoms with Gasteiger partial charge in [-0.05, 0) is 11.6 Å². The maximum absolute atomic E-state index is 11.0. The molecular weight excluding hydrogens is 292 g/mol. The van der Waals surface area contributed by atoms with E-state index in [-0.39, 0.29) is 0 Å². The van der Waals surface area contributed by atoms with Gasteiger partial charge in [0.1, 0.15) is 6.04 Å². The molecule has 4 N–H and O–H groups in total. The second-order valence-electron chi connectivity index (χ2n) is 4.79. The molecule has 1 saturated heterocycles. The minimum atomic E-state index is -0.951.